The van der Waals surface area contributed by atoms with Crippen LogP contribution in [-0.2, 0) is 13.0 Å². The van der Waals surface area contributed by atoms with Crippen LogP contribution in [0.4, 0.5) is 4.39 Å². The number of hydrogen-bond acceptors (Lipinski definition) is 3. The smallest absolute Gasteiger partial charge is 0.195 e. The number of hydrogen-bond donors (Lipinski definition) is 1. The third-order valence-corrected chi connectivity index (χ3v) is 4.63. The second-order valence-corrected chi connectivity index (χ2v) is 6.91. The van der Waals surface area contributed by atoms with Crippen LogP contribution in [0, 0.1) is 10.6 Å². The Hall–Kier alpha value is -1.89. The van der Waals surface area contributed by atoms with Gasteiger partial charge in [0.15, 0.2) is 4.77 Å². The molecule has 0 aliphatic rings. The molecule has 4 nitrogen and oxygen atoms in total. The Kier molecular flexibility index (Phi) is 6.29. The summed E-state index contributed by atoms with van der Waals surface area (Å²) >= 11 is 17.2. The summed E-state index contributed by atoms with van der Waals surface area (Å²) in [4.78, 5) is 0. The highest BCUT2D eigenvalue weighted by molar-refractivity contribution is 7.71. The summed E-state index contributed by atoms with van der Waals surface area (Å²) in [5, 5.41) is 8.13. The molecule has 0 aliphatic heterocycles. The summed E-state index contributed by atoms with van der Waals surface area (Å²) in [6, 6.07) is 11.5. The SMILES string of the molecule is Fc1ccc(Cn2c(CCCOc3ccc(Cl)cc3Cl)n[nH]c2=S)cc1. The number of aryl methyl sites for hydroxylation is 1. The molecule has 3 aromatic rings. The summed E-state index contributed by atoms with van der Waals surface area (Å²) in [6.07, 6.45) is 1.42. The number of nitrogens with one attached hydrogen (secondary N) is 1. The number of aromatic nitrogens is 3. The van der Waals surface area contributed by atoms with Gasteiger partial charge >= 0.3 is 0 Å². The Morgan fingerprint density at radius 1 is 1.15 bits per heavy atom. The zero-order valence-electron chi connectivity index (χ0n) is 13.7. The average molecular weight is 412 g/mol. The topological polar surface area (TPSA) is 42.8 Å². The summed E-state index contributed by atoms with van der Waals surface area (Å²) in [5.74, 6) is 1.16. The fourth-order valence-electron chi connectivity index (χ4n) is 2.48. The molecular formula is C18H16Cl2FN3OS. The van der Waals surface area contributed by atoms with E-state index in [0.717, 1.165) is 17.8 Å². The van der Waals surface area contributed by atoms with E-state index in [1.54, 1.807) is 30.3 Å². The third-order valence-electron chi connectivity index (χ3n) is 3.79. The second-order valence-electron chi connectivity index (χ2n) is 5.68. The van der Waals surface area contributed by atoms with Crippen LogP contribution in [0.3, 0.4) is 0 Å². The van der Waals surface area contributed by atoms with Crippen LogP contribution in [0.2, 0.25) is 10.0 Å². The van der Waals surface area contributed by atoms with Gasteiger partial charge in [0, 0.05) is 11.4 Å². The van der Waals surface area contributed by atoms with E-state index in [0.29, 0.717) is 40.1 Å². The Morgan fingerprint density at radius 2 is 1.92 bits per heavy atom. The molecule has 8 heteroatoms. The van der Waals surface area contributed by atoms with Crippen molar-refractivity contribution < 1.29 is 9.13 Å². The highest BCUT2D eigenvalue weighted by Gasteiger charge is 2.08. The number of halogens is 3. The van der Waals surface area contributed by atoms with Crippen molar-refractivity contribution in [2.75, 3.05) is 6.61 Å². The monoisotopic (exact) mass is 411 g/mol. The molecule has 0 atom stereocenters. The lowest BCUT2D eigenvalue weighted by Crippen LogP contribution is -2.08. The minimum absolute atomic E-state index is 0.261. The van der Waals surface area contributed by atoms with Crippen molar-refractivity contribution in [1.29, 1.82) is 0 Å². The van der Waals surface area contributed by atoms with Crippen molar-refractivity contribution in [3.8, 4) is 5.75 Å². The number of ether oxygens (including phenoxy) is 1. The maximum Gasteiger partial charge on any atom is 0.195 e. The van der Waals surface area contributed by atoms with Gasteiger partial charge in [-0.25, -0.2) is 4.39 Å². The van der Waals surface area contributed by atoms with Crippen molar-refractivity contribution in [2.24, 2.45) is 0 Å². The molecule has 0 bridgehead atoms. The highest BCUT2D eigenvalue weighted by atomic mass is 35.5. The number of rotatable bonds is 7. The zero-order valence-corrected chi connectivity index (χ0v) is 16.0. The fraction of sp³-hybridized carbons (Fsp3) is 0.222. The number of nitrogens with zero attached hydrogens (tertiary/aromatic N) is 2. The Bertz CT molecular complexity index is 940. The van der Waals surface area contributed by atoms with Gasteiger partial charge < -0.3 is 4.74 Å². The van der Waals surface area contributed by atoms with Gasteiger partial charge in [-0.1, -0.05) is 35.3 Å². The predicted molar refractivity (Wildman–Crippen MR) is 103 cm³/mol. The lowest BCUT2D eigenvalue weighted by atomic mass is 10.2. The van der Waals surface area contributed by atoms with Gasteiger partial charge in [0.05, 0.1) is 18.2 Å². The summed E-state index contributed by atoms with van der Waals surface area (Å²) in [6.45, 7) is 1.02. The van der Waals surface area contributed by atoms with Crippen molar-refractivity contribution >= 4 is 35.4 Å². The van der Waals surface area contributed by atoms with Crippen molar-refractivity contribution in [3.63, 3.8) is 0 Å². The van der Waals surface area contributed by atoms with Gasteiger partial charge in [0.25, 0.3) is 0 Å². The largest absolute Gasteiger partial charge is 0.492 e. The quantitative estimate of drug-likeness (QED) is 0.415. The van der Waals surface area contributed by atoms with Crippen LogP contribution in [0.1, 0.15) is 17.8 Å². The molecule has 0 saturated heterocycles. The van der Waals surface area contributed by atoms with Crippen molar-refractivity contribution in [3.05, 3.63) is 74.5 Å². The Labute approximate surface area is 165 Å². The van der Waals surface area contributed by atoms with Crippen LogP contribution in [0.25, 0.3) is 0 Å². The zero-order chi connectivity index (χ0) is 18.5. The molecule has 0 saturated carbocycles. The average Bonchev–Trinajstić information content (AvgIpc) is 2.95. The number of benzene rings is 2. The minimum atomic E-state index is -0.261. The van der Waals surface area contributed by atoms with Gasteiger partial charge in [-0.05, 0) is 54.5 Å². The number of aromatic amines is 1. The van der Waals surface area contributed by atoms with E-state index >= 15 is 0 Å². The molecule has 0 unspecified atom stereocenters. The van der Waals surface area contributed by atoms with Crippen LogP contribution >= 0.6 is 35.4 Å². The fourth-order valence-corrected chi connectivity index (χ4v) is 3.16. The molecule has 26 heavy (non-hydrogen) atoms. The maximum atomic E-state index is 13.0. The van der Waals surface area contributed by atoms with Gasteiger partial charge in [-0.15, -0.1) is 0 Å². The summed E-state index contributed by atoms with van der Waals surface area (Å²) < 4.78 is 21.2. The maximum absolute atomic E-state index is 13.0. The van der Waals surface area contributed by atoms with Crippen LogP contribution in [0.5, 0.6) is 5.75 Å². The molecule has 0 aliphatic carbocycles. The lowest BCUT2D eigenvalue weighted by Gasteiger charge is -2.09. The van der Waals surface area contributed by atoms with Gasteiger partial charge in [0.1, 0.15) is 17.4 Å². The first-order valence-corrected chi connectivity index (χ1v) is 9.16. The van der Waals surface area contributed by atoms with Crippen LogP contribution in [0.15, 0.2) is 42.5 Å². The first-order valence-electron chi connectivity index (χ1n) is 7.99. The Morgan fingerprint density at radius 3 is 2.65 bits per heavy atom. The molecule has 1 N–H and O–H groups in total. The molecule has 3 rings (SSSR count). The van der Waals surface area contributed by atoms with Gasteiger partial charge in [-0.2, -0.15) is 5.10 Å². The molecule has 136 valence electrons. The van der Waals surface area contributed by atoms with E-state index in [1.165, 1.54) is 12.1 Å². The molecule has 0 spiro atoms. The van der Waals surface area contributed by atoms with Crippen molar-refractivity contribution in [2.45, 2.75) is 19.4 Å². The standard InChI is InChI=1S/C18H16Cl2FN3OS/c19-13-5-8-16(15(20)10-13)25-9-1-2-17-22-23-18(26)24(17)11-12-3-6-14(21)7-4-12/h3-8,10H,1-2,9,11H2,(H,23,26). The molecule has 0 fully saturated rings. The van der Waals surface area contributed by atoms with E-state index in [4.69, 9.17) is 40.2 Å². The van der Waals surface area contributed by atoms with Crippen LogP contribution < -0.4 is 4.74 Å². The Balaban J connectivity index is 1.58. The molecular weight excluding hydrogens is 396 g/mol. The first kappa shape index (κ1) is 18.9. The summed E-state index contributed by atoms with van der Waals surface area (Å²) in [7, 11) is 0. The molecule has 1 heterocycles. The normalized spacial score (nSPS) is 10.9. The number of H-pyrrole nitrogens is 1. The van der Waals surface area contributed by atoms with E-state index in [2.05, 4.69) is 10.2 Å². The first-order chi connectivity index (χ1) is 12.5. The van der Waals surface area contributed by atoms with E-state index in [1.807, 2.05) is 4.57 Å². The predicted octanol–water partition coefficient (Wildman–Crippen LogP) is 5.45. The lowest BCUT2D eigenvalue weighted by molar-refractivity contribution is 0.309. The van der Waals surface area contributed by atoms with Crippen LogP contribution in [-0.4, -0.2) is 21.4 Å². The molecule has 2 aromatic carbocycles. The second kappa shape index (κ2) is 8.66. The third kappa shape index (κ3) is 4.84. The van der Waals surface area contributed by atoms with E-state index in [9.17, 15) is 4.39 Å². The van der Waals surface area contributed by atoms with Gasteiger partial charge in [-0.3, -0.25) is 9.67 Å². The molecule has 0 radical (unpaired) electrons. The highest BCUT2D eigenvalue weighted by Crippen LogP contribution is 2.27. The minimum Gasteiger partial charge on any atom is -0.492 e. The molecule has 0 amide bonds. The van der Waals surface area contributed by atoms with E-state index < -0.39 is 0 Å². The van der Waals surface area contributed by atoms with E-state index in [-0.39, 0.29) is 5.82 Å². The van der Waals surface area contributed by atoms with Crippen molar-refractivity contribution in [1.82, 2.24) is 14.8 Å². The summed E-state index contributed by atoms with van der Waals surface area (Å²) in [5.41, 5.74) is 0.953. The molecule has 1 aromatic heterocycles. The van der Waals surface area contributed by atoms with Gasteiger partial charge in [0.2, 0.25) is 0 Å².